The number of anilines is 1. The number of fused-ring (bicyclic) bond motifs is 1. The van der Waals surface area contributed by atoms with Crippen molar-refractivity contribution in [2.24, 2.45) is 0 Å². The van der Waals surface area contributed by atoms with Gasteiger partial charge in [0.25, 0.3) is 0 Å². The highest BCUT2D eigenvalue weighted by atomic mass is 32.2. The van der Waals surface area contributed by atoms with Crippen LogP contribution in [0.2, 0.25) is 0 Å². The van der Waals surface area contributed by atoms with Crippen molar-refractivity contribution < 1.29 is 14.9 Å². The SMILES string of the molecule is C#C[C@]1(CO)S[C@@H](n2cnc3nc(N)nc(OCC)c32)C[C@@H]1O. The summed E-state index contributed by atoms with van der Waals surface area (Å²) in [5.41, 5.74) is 6.68. The van der Waals surface area contributed by atoms with Gasteiger partial charge in [0, 0.05) is 6.42 Å². The number of ether oxygens (including phenoxy) is 1. The van der Waals surface area contributed by atoms with Crippen molar-refractivity contribution in [3.05, 3.63) is 6.33 Å². The molecular weight excluding hydrogens is 318 g/mol. The summed E-state index contributed by atoms with van der Waals surface area (Å²) in [5, 5.41) is 19.6. The largest absolute Gasteiger partial charge is 0.476 e. The summed E-state index contributed by atoms with van der Waals surface area (Å²) in [6.45, 7) is 1.95. The molecule has 1 aliphatic rings. The first-order valence-electron chi connectivity index (χ1n) is 7.12. The molecule has 0 spiro atoms. The summed E-state index contributed by atoms with van der Waals surface area (Å²) in [6.07, 6.45) is 6.65. The lowest BCUT2D eigenvalue weighted by molar-refractivity contribution is 0.114. The van der Waals surface area contributed by atoms with Gasteiger partial charge in [-0.1, -0.05) is 5.92 Å². The van der Waals surface area contributed by atoms with Gasteiger partial charge in [-0.2, -0.15) is 9.97 Å². The summed E-state index contributed by atoms with van der Waals surface area (Å²) in [5.74, 6) is 2.93. The number of hydrogen-bond acceptors (Lipinski definition) is 8. The maximum absolute atomic E-state index is 10.3. The van der Waals surface area contributed by atoms with Crippen LogP contribution in [-0.2, 0) is 0 Å². The molecule has 1 fully saturated rings. The van der Waals surface area contributed by atoms with Crippen LogP contribution in [0.25, 0.3) is 11.2 Å². The molecule has 0 saturated carbocycles. The minimum absolute atomic E-state index is 0.0821. The summed E-state index contributed by atoms with van der Waals surface area (Å²) in [4.78, 5) is 12.4. The van der Waals surface area contributed by atoms with Crippen LogP contribution >= 0.6 is 11.8 Å². The van der Waals surface area contributed by atoms with Crippen LogP contribution in [0.1, 0.15) is 18.7 Å². The third kappa shape index (κ3) is 2.49. The quantitative estimate of drug-likeness (QED) is 0.676. The summed E-state index contributed by atoms with van der Waals surface area (Å²) >= 11 is 1.31. The molecule has 0 bridgehead atoms. The Balaban J connectivity index is 2.06. The van der Waals surface area contributed by atoms with E-state index >= 15 is 0 Å². The summed E-state index contributed by atoms with van der Waals surface area (Å²) in [7, 11) is 0. The first-order valence-corrected chi connectivity index (χ1v) is 8.00. The first kappa shape index (κ1) is 15.9. The second-order valence-corrected chi connectivity index (χ2v) is 6.67. The third-order valence-corrected chi connectivity index (χ3v) is 5.42. The van der Waals surface area contributed by atoms with Gasteiger partial charge in [-0.15, -0.1) is 18.2 Å². The summed E-state index contributed by atoms with van der Waals surface area (Å²) in [6, 6.07) is 0. The minimum atomic E-state index is -1.03. The predicted octanol–water partition coefficient (Wildman–Crippen LogP) is 0.168. The van der Waals surface area contributed by atoms with E-state index in [0.29, 0.717) is 30.1 Å². The van der Waals surface area contributed by atoms with Crippen molar-refractivity contribution >= 4 is 28.9 Å². The highest BCUT2D eigenvalue weighted by Crippen LogP contribution is 2.50. The molecule has 122 valence electrons. The molecule has 3 atom stereocenters. The molecule has 0 aliphatic carbocycles. The topological polar surface area (TPSA) is 119 Å². The number of imidazole rings is 1. The van der Waals surface area contributed by atoms with E-state index in [1.165, 1.54) is 11.8 Å². The van der Waals surface area contributed by atoms with Crippen molar-refractivity contribution in [1.82, 2.24) is 19.5 Å². The molecule has 9 heteroatoms. The van der Waals surface area contributed by atoms with Gasteiger partial charge in [0.15, 0.2) is 11.2 Å². The number of thioether (sulfide) groups is 1. The Morgan fingerprint density at radius 3 is 3.00 bits per heavy atom. The van der Waals surface area contributed by atoms with E-state index in [-0.39, 0.29) is 17.9 Å². The Morgan fingerprint density at radius 2 is 2.39 bits per heavy atom. The highest BCUT2D eigenvalue weighted by Gasteiger charge is 2.47. The van der Waals surface area contributed by atoms with Crippen LogP contribution in [0.15, 0.2) is 6.33 Å². The zero-order valence-electron chi connectivity index (χ0n) is 12.5. The molecule has 0 unspecified atom stereocenters. The Kier molecular flexibility index (Phi) is 4.06. The maximum Gasteiger partial charge on any atom is 0.245 e. The molecule has 4 N–H and O–H groups in total. The molecule has 0 aromatic carbocycles. The number of rotatable bonds is 4. The lowest BCUT2D eigenvalue weighted by Gasteiger charge is -2.22. The van der Waals surface area contributed by atoms with Crippen LogP contribution < -0.4 is 10.5 Å². The lowest BCUT2D eigenvalue weighted by atomic mass is 10.0. The number of nitrogens with two attached hydrogens (primary N) is 1. The van der Waals surface area contributed by atoms with Gasteiger partial charge >= 0.3 is 0 Å². The number of aliphatic hydroxyl groups is 2. The molecule has 0 radical (unpaired) electrons. The molecule has 3 rings (SSSR count). The first-order chi connectivity index (χ1) is 11.0. The van der Waals surface area contributed by atoms with Crippen molar-refractivity contribution in [3.8, 4) is 18.2 Å². The van der Waals surface area contributed by atoms with Crippen molar-refractivity contribution in [2.75, 3.05) is 18.9 Å². The molecule has 23 heavy (non-hydrogen) atoms. The fourth-order valence-electron chi connectivity index (χ4n) is 2.62. The average Bonchev–Trinajstić information content (AvgIpc) is 3.09. The zero-order valence-corrected chi connectivity index (χ0v) is 13.3. The molecule has 3 heterocycles. The zero-order chi connectivity index (χ0) is 16.6. The van der Waals surface area contributed by atoms with E-state index < -0.39 is 10.9 Å². The van der Waals surface area contributed by atoms with Gasteiger partial charge in [0.2, 0.25) is 11.8 Å². The van der Waals surface area contributed by atoms with Gasteiger partial charge in [0.05, 0.1) is 31.0 Å². The van der Waals surface area contributed by atoms with Gasteiger partial charge in [-0.05, 0) is 6.92 Å². The van der Waals surface area contributed by atoms with E-state index in [2.05, 4.69) is 20.9 Å². The molecule has 0 amide bonds. The Bertz CT molecular complexity index is 774. The van der Waals surface area contributed by atoms with Gasteiger partial charge in [-0.3, -0.25) is 0 Å². The number of aromatic nitrogens is 4. The molecule has 2 aromatic heterocycles. The predicted molar refractivity (Wildman–Crippen MR) is 86.8 cm³/mol. The number of aliphatic hydroxyl groups excluding tert-OH is 2. The van der Waals surface area contributed by atoms with Crippen LogP contribution in [0.3, 0.4) is 0 Å². The monoisotopic (exact) mass is 335 g/mol. The smallest absolute Gasteiger partial charge is 0.245 e. The molecule has 2 aromatic rings. The van der Waals surface area contributed by atoms with Crippen LogP contribution in [0, 0.1) is 12.3 Å². The average molecular weight is 335 g/mol. The van der Waals surface area contributed by atoms with Crippen LogP contribution in [0.5, 0.6) is 5.88 Å². The molecule has 1 saturated heterocycles. The van der Waals surface area contributed by atoms with Crippen molar-refractivity contribution in [1.29, 1.82) is 0 Å². The minimum Gasteiger partial charge on any atom is -0.476 e. The normalized spacial score (nSPS) is 27.2. The fourth-order valence-corrected chi connectivity index (χ4v) is 4.06. The van der Waals surface area contributed by atoms with E-state index in [1.54, 1.807) is 6.33 Å². The fraction of sp³-hybridized carbons (Fsp3) is 0.500. The maximum atomic E-state index is 10.3. The van der Waals surface area contributed by atoms with Crippen molar-refractivity contribution in [2.45, 2.75) is 29.6 Å². The van der Waals surface area contributed by atoms with Crippen molar-refractivity contribution in [3.63, 3.8) is 0 Å². The standard InChI is InChI=1S/C14H17N5O3S/c1-3-14(6-20)8(21)5-9(23-14)19-7-16-11-10(19)12(22-4-2)18-13(15)17-11/h1,7-9,20-21H,4-6H2,2H3,(H2,15,17,18)/t8-,9+,14+/m0/s1. The van der Waals surface area contributed by atoms with E-state index in [0.717, 1.165) is 0 Å². The lowest BCUT2D eigenvalue weighted by Crippen LogP contribution is -2.36. The molecular formula is C14H17N5O3S. The number of nitrogens with zero attached hydrogens (tertiary/aromatic N) is 4. The van der Waals surface area contributed by atoms with E-state index in [1.807, 2.05) is 11.5 Å². The van der Waals surface area contributed by atoms with Gasteiger partial charge < -0.3 is 25.3 Å². The van der Waals surface area contributed by atoms with E-state index in [9.17, 15) is 10.2 Å². The third-order valence-electron chi connectivity index (χ3n) is 3.79. The number of terminal acetylenes is 1. The summed E-state index contributed by atoms with van der Waals surface area (Å²) < 4.78 is 6.32. The highest BCUT2D eigenvalue weighted by molar-refractivity contribution is 8.01. The second kappa shape index (κ2) is 5.88. The van der Waals surface area contributed by atoms with Gasteiger partial charge in [0.1, 0.15) is 4.75 Å². The van der Waals surface area contributed by atoms with Gasteiger partial charge in [-0.25, -0.2) is 4.98 Å². The Hall–Kier alpha value is -2.02. The Labute approximate surface area is 137 Å². The Morgan fingerprint density at radius 1 is 1.61 bits per heavy atom. The molecule has 1 aliphatic heterocycles. The second-order valence-electron chi connectivity index (χ2n) is 5.16. The van der Waals surface area contributed by atoms with E-state index in [4.69, 9.17) is 16.9 Å². The molecule has 8 nitrogen and oxygen atoms in total. The van der Waals surface area contributed by atoms with Crippen LogP contribution in [0.4, 0.5) is 5.95 Å². The number of hydrogen-bond donors (Lipinski definition) is 3. The number of nitrogen functional groups attached to an aromatic ring is 1. The van der Waals surface area contributed by atoms with Crippen LogP contribution in [-0.4, -0.2) is 53.8 Å².